The van der Waals surface area contributed by atoms with Crippen LogP contribution in [0.2, 0.25) is 0 Å². The molecule has 4 aromatic rings. The van der Waals surface area contributed by atoms with E-state index < -0.39 is 18.0 Å². The Balaban J connectivity index is 1.59. The molecule has 0 aliphatic heterocycles. The summed E-state index contributed by atoms with van der Waals surface area (Å²) < 4.78 is 11.7. The van der Waals surface area contributed by atoms with Gasteiger partial charge in [-0.05, 0) is 30.3 Å². The largest absolute Gasteiger partial charge is 0.497 e. The van der Waals surface area contributed by atoms with E-state index in [1.54, 1.807) is 79.4 Å². The molecule has 30 heavy (non-hydrogen) atoms. The van der Waals surface area contributed by atoms with Gasteiger partial charge in [0.2, 0.25) is 6.10 Å². The summed E-state index contributed by atoms with van der Waals surface area (Å²) in [4.78, 5) is 30.0. The molecule has 7 heteroatoms. The van der Waals surface area contributed by atoms with Gasteiger partial charge in [-0.25, -0.2) is 9.78 Å². The number of aromatic nitrogens is 1. The lowest BCUT2D eigenvalue weighted by Crippen LogP contribution is -2.26. The molecule has 0 saturated carbocycles. The summed E-state index contributed by atoms with van der Waals surface area (Å²) in [5, 5.41) is 2.79. The molecule has 0 aliphatic rings. The number of ether oxygens (including phenoxy) is 2. The van der Waals surface area contributed by atoms with Crippen LogP contribution in [0.15, 0.2) is 78.3 Å². The Bertz CT molecular complexity index is 1190. The fourth-order valence-corrected chi connectivity index (χ4v) is 3.68. The minimum absolute atomic E-state index is 0.363. The molecule has 1 amide bonds. The average Bonchev–Trinajstić information content (AvgIpc) is 3.26. The molecule has 1 atom stereocenters. The van der Waals surface area contributed by atoms with Crippen molar-refractivity contribution in [2.45, 2.75) is 6.10 Å². The fourth-order valence-electron chi connectivity index (χ4n) is 2.97. The van der Waals surface area contributed by atoms with Crippen LogP contribution in [0.3, 0.4) is 0 Å². The fraction of sp³-hybridized carbons (Fsp3) is 0.0870. The van der Waals surface area contributed by atoms with Crippen LogP contribution >= 0.6 is 11.3 Å². The molecule has 1 aromatic heterocycles. The number of hydrogen-bond donors (Lipinski definition) is 1. The van der Waals surface area contributed by atoms with E-state index in [0.29, 0.717) is 22.6 Å². The lowest BCUT2D eigenvalue weighted by atomic mass is 10.1. The van der Waals surface area contributed by atoms with Crippen molar-refractivity contribution in [2.75, 3.05) is 12.4 Å². The van der Waals surface area contributed by atoms with Crippen molar-refractivity contribution in [3.05, 3.63) is 89.4 Å². The number of nitrogens with zero attached hydrogens (tertiary/aromatic N) is 1. The molecule has 1 N–H and O–H groups in total. The topological polar surface area (TPSA) is 77.5 Å². The highest BCUT2D eigenvalue weighted by atomic mass is 32.1. The molecule has 1 heterocycles. The second-order valence-electron chi connectivity index (χ2n) is 6.45. The molecule has 0 saturated heterocycles. The van der Waals surface area contributed by atoms with E-state index >= 15 is 0 Å². The van der Waals surface area contributed by atoms with Crippen molar-refractivity contribution in [3.63, 3.8) is 0 Å². The Labute approximate surface area is 177 Å². The number of nitrogens with one attached hydrogen (secondary N) is 1. The zero-order valence-electron chi connectivity index (χ0n) is 16.1. The highest BCUT2D eigenvalue weighted by Crippen LogP contribution is 2.25. The molecule has 0 radical (unpaired) electrons. The minimum atomic E-state index is -1.11. The molecule has 6 nitrogen and oxygen atoms in total. The minimum Gasteiger partial charge on any atom is -0.497 e. The van der Waals surface area contributed by atoms with Crippen molar-refractivity contribution >= 4 is 39.1 Å². The van der Waals surface area contributed by atoms with Crippen LogP contribution in [-0.4, -0.2) is 24.0 Å². The van der Waals surface area contributed by atoms with Crippen LogP contribution in [0.25, 0.3) is 10.2 Å². The summed E-state index contributed by atoms with van der Waals surface area (Å²) in [6.07, 6.45) is -1.11. The van der Waals surface area contributed by atoms with Crippen molar-refractivity contribution < 1.29 is 19.1 Å². The summed E-state index contributed by atoms with van der Waals surface area (Å²) in [5.74, 6) is -0.430. The number of carbonyl (C=O) groups is 2. The van der Waals surface area contributed by atoms with Crippen molar-refractivity contribution in [2.24, 2.45) is 0 Å². The predicted molar refractivity (Wildman–Crippen MR) is 116 cm³/mol. The average molecular weight is 418 g/mol. The molecule has 0 spiro atoms. The summed E-state index contributed by atoms with van der Waals surface area (Å²) >= 11 is 1.44. The predicted octanol–water partition coefficient (Wildman–Crippen LogP) is 4.84. The standard InChI is InChI=1S/C23H18N2O4S/c1-28-18-9-5-8-17(13-18)25-22(26)21(15-6-3-2-4-7-15)29-23(27)16-10-11-19-20(12-16)30-14-24-19/h2-14,21H,1H3,(H,25,26). The number of esters is 1. The number of carbonyl (C=O) groups excluding carboxylic acids is 2. The first-order valence-electron chi connectivity index (χ1n) is 9.18. The maximum atomic E-state index is 13.0. The summed E-state index contributed by atoms with van der Waals surface area (Å²) in [6.45, 7) is 0. The maximum absolute atomic E-state index is 13.0. The first-order valence-corrected chi connectivity index (χ1v) is 10.1. The van der Waals surface area contributed by atoms with Gasteiger partial charge in [0.15, 0.2) is 0 Å². The van der Waals surface area contributed by atoms with Gasteiger partial charge in [-0.15, -0.1) is 11.3 Å². The van der Waals surface area contributed by atoms with Crippen LogP contribution in [0.5, 0.6) is 5.75 Å². The molecule has 3 aromatic carbocycles. The number of rotatable bonds is 6. The zero-order valence-corrected chi connectivity index (χ0v) is 16.9. The highest BCUT2D eigenvalue weighted by molar-refractivity contribution is 7.16. The van der Waals surface area contributed by atoms with Crippen LogP contribution in [0.4, 0.5) is 5.69 Å². The van der Waals surface area contributed by atoms with Gasteiger partial charge in [0.25, 0.3) is 5.91 Å². The molecule has 1 unspecified atom stereocenters. The van der Waals surface area contributed by atoms with E-state index in [1.165, 1.54) is 11.3 Å². The maximum Gasteiger partial charge on any atom is 0.339 e. The lowest BCUT2D eigenvalue weighted by molar-refractivity contribution is -0.125. The van der Waals surface area contributed by atoms with Gasteiger partial charge >= 0.3 is 5.97 Å². The molecule has 0 fully saturated rings. The van der Waals surface area contributed by atoms with E-state index in [-0.39, 0.29) is 0 Å². The summed E-state index contributed by atoms with van der Waals surface area (Å²) in [7, 11) is 1.55. The summed E-state index contributed by atoms with van der Waals surface area (Å²) in [5.41, 5.74) is 4.01. The van der Waals surface area contributed by atoms with Crippen molar-refractivity contribution in [1.29, 1.82) is 0 Å². The number of benzene rings is 3. The number of thiazole rings is 1. The van der Waals surface area contributed by atoms with E-state index in [0.717, 1.165) is 10.2 Å². The van der Waals surface area contributed by atoms with Crippen LogP contribution < -0.4 is 10.1 Å². The molecular formula is C23H18N2O4S. The van der Waals surface area contributed by atoms with E-state index in [9.17, 15) is 9.59 Å². The highest BCUT2D eigenvalue weighted by Gasteiger charge is 2.26. The van der Waals surface area contributed by atoms with Crippen molar-refractivity contribution in [1.82, 2.24) is 4.98 Å². The Morgan fingerprint density at radius 2 is 1.83 bits per heavy atom. The molecule has 0 bridgehead atoms. The SMILES string of the molecule is COc1cccc(NC(=O)C(OC(=O)c2ccc3ncsc3c2)c2ccccc2)c1. The van der Waals surface area contributed by atoms with Gasteiger partial charge in [0.1, 0.15) is 5.75 Å². The molecule has 4 rings (SSSR count). The second-order valence-corrected chi connectivity index (χ2v) is 7.34. The number of fused-ring (bicyclic) bond motifs is 1. The lowest BCUT2D eigenvalue weighted by Gasteiger charge is -2.18. The monoisotopic (exact) mass is 418 g/mol. The van der Waals surface area contributed by atoms with Gasteiger partial charge in [-0.1, -0.05) is 36.4 Å². The van der Waals surface area contributed by atoms with Gasteiger partial charge < -0.3 is 14.8 Å². The number of methoxy groups -OCH3 is 1. The van der Waals surface area contributed by atoms with Crippen LogP contribution in [0.1, 0.15) is 22.0 Å². The van der Waals surface area contributed by atoms with Gasteiger partial charge in [-0.3, -0.25) is 4.79 Å². The summed E-state index contributed by atoms with van der Waals surface area (Å²) in [6, 6.07) is 21.0. The Morgan fingerprint density at radius 3 is 2.63 bits per heavy atom. The molecule has 150 valence electrons. The Hall–Kier alpha value is -3.71. The van der Waals surface area contributed by atoms with Gasteiger partial charge in [-0.2, -0.15) is 0 Å². The van der Waals surface area contributed by atoms with Gasteiger partial charge in [0.05, 0.1) is 28.4 Å². The number of hydrogen-bond acceptors (Lipinski definition) is 6. The Kier molecular flexibility index (Phi) is 5.72. The third kappa shape index (κ3) is 4.31. The van der Waals surface area contributed by atoms with Gasteiger partial charge in [0, 0.05) is 17.3 Å². The van der Waals surface area contributed by atoms with Crippen LogP contribution in [-0.2, 0) is 9.53 Å². The zero-order chi connectivity index (χ0) is 20.9. The van der Waals surface area contributed by atoms with E-state index in [2.05, 4.69) is 10.3 Å². The van der Waals surface area contributed by atoms with Crippen LogP contribution in [0, 0.1) is 0 Å². The number of amides is 1. The normalized spacial score (nSPS) is 11.6. The third-order valence-electron chi connectivity index (χ3n) is 4.47. The molecular weight excluding hydrogens is 400 g/mol. The third-order valence-corrected chi connectivity index (χ3v) is 5.26. The smallest absolute Gasteiger partial charge is 0.339 e. The number of anilines is 1. The Morgan fingerprint density at radius 1 is 1.00 bits per heavy atom. The van der Waals surface area contributed by atoms with Crippen molar-refractivity contribution in [3.8, 4) is 5.75 Å². The van der Waals surface area contributed by atoms with E-state index in [4.69, 9.17) is 9.47 Å². The quantitative estimate of drug-likeness (QED) is 0.453. The molecule has 0 aliphatic carbocycles. The second kappa shape index (κ2) is 8.75. The van der Waals surface area contributed by atoms with E-state index in [1.807, 2.05) is 6.07 Å². The first kappa shape index (κ1) is 19.6. The first-order chi connectivity index (χ1) is 14.6.